The predicted octanol–water partition coefficient (Wildman–Crippen LogP) is 5.39. The third-order valence-corrected chi connectivity index (χ3v) is 4.32. The van der Waals surface area contributed by atoms with Crippen molar-refractivity contribution in [1.29, 1.82) is 5.26 Å². The molecule has 0 spiro atoms. The van der Waals surface area contributed by atoms with Crippen LogP contribution in [0.15, 0.2) is 66.9 Å². The van der Waals surface area contributed by atoms with E-state index in [1.165, 1.54) is 18.2 Å². The summed E-state index contributed by atoms with van der Waals surface area (Å²) in [5.74, 6) is -0.199. The van der Waals surface area contributed by atoms with Gasteiger partial charge in [-0.2, -0.15) is 5.26 Å². The summed E-state index contributed by atoms with van der Waals surface area (Å²) in [5, 5.41) is 14.0. The first kappa shape index (κ1) is 19.8. The molecule has 1 aromatic heterocycles. The highest BCUT2D eigenvalue weighted by Crippen LogP contribution is 2.28. The van der Waals surface area contributed by atoms with Crippen LogP contribution in [0.3, 0.4) is 0 Å². The number of amides is 2. The minimum absolute atomic E-state index is 0.0120. The van der Waals surface area contributed by atoms with E-state index in [1.807, 2.05) is 13.0 Å². The molecule has 0 aliphatic rings. The van der Waals surface area contributed by atoms with Gasteiger partial charge in [-0.15, -0.1) is 0 Å². The molecule has 7 nitrogen and oxygen atoms in total. The molecule has 0 bridgehead atoms. The number of carbonyl (C=O) groups excluding carboxylic acids is 1. The van der Waals surface area contributed by atoms with Crippen molar-refractivity contribution in [3.63, 3.8) is 0 Å². The highest BCUT2D eigenvalue weighted by molar-refractivity contribution is 5.99. The van der Waals surface area contributed by atoms with Gasteiger partial charge in [0.05, 0.1) is 28.4 Å². The first-order chi connectivity index (χ1) is 15.0. The largest absolute Gasteiger partial charge is 0.454 e. The number of nitriles is 1. The molecule has 8 heteroatoms. The molecule has 0 atom stereocenters. The van der Waals surface area contributed by atoms with Crippen molar-refractivity contribution in [2.75, 3.05) is 10.6 Å². The van der Waals surface area contributed by atoms with E-state index in [4.69, 9.17) is 10.00 Å². The van der Waals surface area contributed by atoms with Gasteiger partial charge in [-0.05, 0) is 55.5 Å². The maximum Gasteiger partial charge on any atom is 0.323 e. The standard InChI is InChI=1S/C23H16FN5O2/c1-14-13-26-20-8-7-18(11-21(20)27-14)31-22-9-6-17(10-19(22)24)29-23(30)28-16-4-2-15(12-25)3-5-16/h2-11,13H,1H3,(H2,28,29,30). The second-order valence-electron chi connectivity index (χ2n) is 6.68. The fourth-order valence-electron chi connectivity index (χ4n) is 2.86. The van der Waals surface area contributed by atoms with Crippen molar-refractivity contribution in [2.24, 2.45) is 0 Å². The fourth-order valence-corrected chi connectivity index (χ4v) is 2.86. The van der Waals surface area contributed by atoms with Gasteiger partial charge < -0.3 is 15.4 Å². The molecule has 2 amide bonds. The maximum absolute atomic E-state index is 14.5. The van der Waals surface area contributed by atoms with Crippen molar-refractivity contribution in [3.8, 4) is 17.6 Å². The summed E-state index contributed by atoms with van der Waals surface area (Å²) < 4.78 is 20.2. The number of anilines is 2. The van der Waals surface area contributed by atoms with Gasteiger partial charge in [0.1, 0.15) is 5.75 Å². The Balaban J connectivity index is 1.44. The van der Waals surface area contributed by atoms with Crippen molar-refractivity contribution in [2.45, 2.75) is 6.92 Å². The molecule has 4 rings (SSSR count). The minimum atomic E-state index is -0.633. The van der Waals surface area contributed by atoms with Crippen molar-refractivity contribution >= 4 is 28.4 Å². The topological polar surface area (TPSA) is 99.9 Å². The smallest absolute Gasteiger partial charge is 0.323 e. The van der Waals surface area contributed by atoms with Crippen LogP contribution in [0.2, 0.25) is 0 Å². The molecule has 0 aliphatic carbocycles. The van der Waals surface area contributed by atoms with Gasteiger partial charge in [-0.1, -0.05) is 0 Å². The lowest BCUT2D eigenvalue weighted by Gasteiger charge is -2.11. The second kappa shape index (κ2) is 8.47. The number of hydrogen-bond acceptors (Lipinski definition) is 5. The minimum Gasteiger partial charge on any atom is -0.454 e. The number of halogens is 1. The summed E-state index contributed by atoms with van der Waals surface area (Å²) in [6.45, 7) is 1.84. The zero-order chi connectivity index (χ0) is 21.8. The monoisotopic (exact) mass is 413 g/mol. The van der Waals surface area contributed by atoms with E-state index in [0.717, 1.165) is 5.69 Å². The number of nitrogens with one attached hydrogen (secondary N) is 2. The summed E-state index contributed by atoms with van der Waals surface area (Å²) in [5.41, 5.74) is 3.38. The number of fused-ring (bicyclic) bond motifs is 1. The summed E-state index contributed by atoms with van der Waals surface area (Å²) >= 11 is 0. The molecule has 4 aromatic rings. The van der Waals surface area contributed by atoms with E-state index >= 15 is 0 Å². The van der Waals surface area contributed by atoms with Crippen LogP contribution in [0.1, 0.15) is 11.3 Å². The van der Waals surface area contributed by atoms with Gasteiger partial charge in [-0.25, -0.2) is 14.2 Å². The van der Waals surface area contributed by atoms with Crippen LogP contribution in [0, 0.1) is 24.1 Å². The average Bonchev–Trinajstić information content (AvgIpc) is 2.76. The molecule has 152 valence electrons. The lowest BCUT2D eigenvalue weighted by molar-refractivity contribution is 0.262. The first-order valence-corrected chi connectivity index (χ1v) is 9.29. The number of aryl methyl sites for hydroxylation is 1. The molecule has 0 saturated heterocycles. The van der Waals surface area contributed by atoms with E-state index in [0.29, 0.717) is 28.0 Å². The maximum atomic E-state index is 14.5. The Bertz CT molecular complexity index is 1320. The molecular weight excluding hydrogens is 397 g/mol. The molecule has 0 aliphatic heterocycles. The summed E-state index contributed by atoms with van der Waals surface area (Å²) in [7, 11) is 0. The predicted molar refractivity (Wildman–Crippen MR) is 115 cm³/mol. The first-order valence-electron chi connectivity index (χ1n) is 9.29. The van der Waals surface area contributed by atoms with E-state index in [2.05, 4.69) is 20.6 Å². The molecule has 1 heterocycles. The number of urea groups is 1. The molecule has 0 saturated carbocycles. The van der Waals surface area contributed by atoms with Gasteiger partial charge in [-0.3, -0.25) is 4.98 Å². The van der Waals surface area contributed by atoms with Gasteiger partial charge in [0.2, 0.25) is 0 Å². The Morgan fingerprint density at radius 2 is 1.74 bits per heavy atom. The van der Waals surface area contributed by atoms with Gasteiger partial charge in [0.15, 0.2) is 11.6 Å². The number of nitrogens with zero attached hydrogens (tertiary/aromatic N) is 3. The number of ether oxygens (including phenoxy) is 1. The highest BCUT2D eigenvalue weighted by atomic mass is 19.1. The van der Waals surface area contributed by atoms with E-state index in [-0.39, 0.29) is 11.4 Å². The Morgan fingerprint density at radius 1 is 1.00 bits per heavy atom. The fraction of sp³-hybridized carbons (Fsp3) is 0.0435. The van der Waals surface area contributed by atoms with Crippen molar-refractivity contribution in [1.82, 2.24) is 9.97 Å². The van der Waals surface area contributed by atoms with Gasteiger partial charge in [0.25, 0.3) is 0 Å². The van der Waals surface area contributed by atoms with Crippen LogP contribution in [0.25, 0.3) is 11.0 Å². The SMILES string of the molecule is Cc1cnc2ccc(Oc3ccc(NC(=O)Nc4ccc(C#N)cc4)cc3F)cc2n1. The lowest BCUT2D eigenvalue weighted by Crippen LogP contribution is -2.19. The van der Waals surface area contributed by atoms with E-state index in [9.17, 15) is 9.18 Å². The molecular formula is C23H16FN5O2. The summed E-state index contributed by atoms with van der Waals surface area (Å²) in [6, 6.07) is 17.1. The van der Waals surface area contributed by atoms with E-state index in [1.54, 1.807) is 48.7 Å². The molecule has 2 N–H and O–H groups in total. The molecule has 3 aromatic carbocycles. The Hall–Kier alpha value is -4.51. The molecule has 31 heavy (non-hydrogen) atoms. The number of rotatable bonds is 4. The molecule has 0 radical (unpaired) electrons. The van der Waals surface area contributed by atoms with Crippen molar-refractivity contribution in [3.05, 3.63) is 83.9 Å². The van der Waals surface area contributed by atoms with Gasteiger partial charge in [0, 0.05) is 29.7 Å². The number of aromatic nitrogens is 2. The quantitative estimate of drug-likeness (QED) is 0.467. The van der Waals surface area contributed by atoms with E-state index < -0.39 is 11.8 Å². The Labute approximate surface area is 177 Å². The Morgan fingerprint density at radius 3 is 2.48 bits per heavy atom. The third-order valence-electron chi connectivity index (χ3n) is 4.32. The zero-order valence-corrected chi connectivity index (χ0v) is 16.4. The van der Waals surface area contributed by atoms with Crippen molar-refractivity contribution < 1.29 is 13.9 Å². The lowest BCUT2D eigenvalue weighted by atomic mass is 10.2. The number of carbonyl (C=O) groups is 1. The summed E-state index contributed by atoms with van der Waals surface area (Å²) in [6.07, 6.45) is 1.67. The third kappa shape index (κ3) is 4.74. The van der Waals surface area contributed by atoms with Crippen LogP contribution >= 0.6 is 0 Å². The van der Waals surface area contributed by atoms with Gasteiger partial charge >= 0.3 is 6.03 Å². The van der Waals surface area contributed by atoms with Crippen LogP contribution < -0.4 is 15.4 Å². The normalized spacial score (nSPS) is 10.4. The van der Waals surface area contributed by atoms with Crippen LogP contribution in [-0.4, -0.2) is 16.0 Å². The highest BCUT2D eigenvalue weighted by Gasteiger charge is 2.10. The number of hydrogen-bond donors (Lipinski definition) is 2. The average molecular weight is 413 g/mol. The number of benzene rings is 3. The molecule has 0 fully saturated rings. The van der Waals surface area contributed by atoms with Crippen LogP contribution in [-0.2, 0) is 0 Å². The Kier molecular flexibility index (Phi) is 5.41. The molecule has 0 unspecified atom stereocenters. The summed E-state index contributed by atoms with van der Waals surface area (Å²) in [4.78, 5) is 20.8. The zero-order valence-electron chi connectivity index (χ0n) is 16.4. The second-order valence-corrected chi connectivity index (χ2v) is 6.68. The van der Waals surface area contributed by atoms with Crippen LogP contribution in [0.4, 0.5) is 20.6 Å². The van der Waals surface area contributed by atoms with Crippen LogP contribution in [0.5, 0.6) is 11.5 Å².